The molecule has 2 aliphatic rings. The van der Waals surface area contributed by atoms with Crippen LogP contribution in [0.15, 0.2) is 42.6 Å². The molecule has 0 saturated carbocycles. The summed E-state index contributed by atoms with van der Waals surface area (Å²) in [5.74, 6) is -0.268. The summed E-state index contributed by atoms with van der Waals surface area (Å²) in [5, 5.41) is 15.2. The number of piperazine rings is 1. The Kier molecular flexibility index (Phi) is 8.91. The van der Waals surface area contributed by atoms with Crippen LogP contribution in [-0.4, -0.2) is 96.8 Å². The number of carbonyl (C=O) groups excluding carboxylic acids is 2. The summed E-state index contributed by atoms with van der Waals surface area (Å²) in [4.78, 5) is 35.3. The molecule has 0 aliphatic carbocycles. The van der Waals surface area contributed by atoms with Crippen molar-refractivity contribution in [3.63, 3.8) is 0 Å². The predicted octanol–water partition coefficient (Wildman–Crippen LogP) is 3.26. The Morgan fingerprint density at radius 1 is 1.10 bits per heavy atom. The molecule has 5 rings (SSSR count). The van der Waals surface area contributed by atoms with Crippen LogP contribution in [0.2, 0.25) is 5.02 Å². The summed E-state index contributed by atoms with van der Waals surface area (Å²) in [5.41, 5.74) is 1.66. The number of methoxy groups -OCH3 is 1. The van der Waals surface area contributed by atoms with Crippen molar-refractivity contribution < 1.29 is 18.7 Å². The summed E-state index contributed by atoms with van der Waals surface area (Å²) < 4.78 is 19.5. The second kappa shape index (κ2) is 12.8. The molecule has 0 unspecified atom stereocenters. The van der Waals surface area contributed by atoms with Gasteiger partial charge in [0.1, 0.15) is 11.6 Å². The first-order chi connectivity index (χ1) is 19.8. The number of halogens is 2. The maximum atomic E-state index is 14.6. The molecule has 2 saturated heterocycles. The van der Waals surface area contributed by atoms with Crippen LogP contribution in [0.1, 0.15) is 6.42 Å². The van der Waals surface area contributed by atoms with Gasteiger partial charge in [0.25, 0.3) is 0 Å². The van der Waals surface area contributed by atoms with E-state index in [0.29, 0.717) is 54.1 Å². The molecular weight excluding hydrogens is 551 g/mol. The highest BCUT2D eigenvalue weighted by Gasteiger charge is 2.36. The minimum atomic E-state index is -0.484. The monoisotopic (exact) mass is 582 g/mol. The summed E-state index contributed by atoms with van der Waals surface area (Å²) >= 11 is 6.11. The fourth-order valence-corrected chi connectivity index (χ4v) is 4.94. The van der Waals surface area contributed by atoms with Crippen LogP contribution < -0.4 is 15.5 Å². The third-order valence-electron chi connectivity index (χ3n) is 7.25. The number of likely N-dealkylation sites (N-methyl/N-ethyl adjacent to an activating group) is 1. The van der Waals surface area contributed by atoms with Gasteiger partial charge >= 0.3 is 5.97 Å². The molecule has 1 amide bonds. The van der Waals surface area contributed by atoms with Gasteiger partial charge < -0.3 is 30.1 Å². The maximum absolute atomic E-state index is 14.6. The third kappa shape index (κ3) is 7.07. The number of aromatic nitrogens is 3. The topological polar surface area (TPSA) is 116 Å². The van der Waals surface area contributed by atoms with E-state index in [4.69, 9.17) is 16.3 Å². The number of hydrogen-bond acceptors (Lipinski definition) is 10. The molecule has 11 nitrogen and oxygen atoms in total. The number of nitrogens with one attached hydrogen (secondary N) is 2. The molecule has 2 aliphatic heterocycles. The molecule has 2 fully saturated rings. The molecule has 0 radical (unpaired) electrons. The van der Waals surface area contributed by atoms with Gasteiger partial charge in [-0.1, -0.05) is 11.6 Å². The van der Waals surface area contributed by atoms with E-state index in [1.54, 1.807) is 24.4 Å². The number of anilines is 4. The Bertz CT molecular complexity index is 1410. The Labute approximate surface area is 242 Å². The predicted molar refractivity (Wildman–Crippen MR) is 155 cm³/mol. The lowest BCUT2D eigenvalue weighted by molar-refractivity contribution is -0.146. The summed E-state index contributed by atoms with van der Waals surface area (Å²) in [6, 6.07) is 9.37. The van der Waals surface area contributed by atoms with Crippen molar-refractivity contribution in [2.24, 2.45) is 5.92 Å². The Morgan fingerprint density at radius 3 is 2.63 bits per heavy atom. The van der Waals surface area contributed by atoms with Crippen molar-refractivity contribution in [1.82, 2.24) is 25.0 Å². The van der Waals surface area contributed by atoms with Gasteiger partial charge in [-0.3, -0.25) is 9.59 Å². The van der Waals surface area contributed by atoms with Gasteiger partial charge in [-0.15, -0.1) is 10.2 Å². The van der Waals surface area contributed by atoms with Crippen molar-refractivity contribution in [2.45, 2.75) is 6.42 Å². The van der Waals surface area contributed by atoms with Gasteiger partial charge in [0.2, 0.25) is 5.91 Å². The molecule has 0 spiro atoms. The first-order valence-corrected chi connectivity index (χ1v) is 13.8. The Morgan fingerprint density at radius 2 is 1.88 bits per heavy atom. The molecule has 4 heterocycles. The highest BCUT2D eigenvalue weighted by Crippen LogP contribution is 2.35. The van der Waals surface area contributed by atoms with Crippen LogP contribution >= 0.6 is 11.6 Å². The minimum absolute atomic E-state index is 0.118. The van der Waals surface area contributed by atoms with E-state index >= 15 is 0 Å². The van der Waals surface area contributed by atoms with E-state index in [0.717, 1.165) is 26.2 Å². The lowest BCUT2D eigenvalue weighted by Crippen LogP contribution is -2.51. The molecule has 2 aromatic heterocycles. The zero-order valence-corrected chi connectivity index (χ0v) is 23.7. The van der Waals surface area contributed by atoms with Crippen LogP contribution in [0, 0.1) is 11.7 Å². The van der Waals surface area contributed by atoms with E-state index in [2.05, 4.69) is 42.7 Å². The van der Waals surface area contributed by atoms with Crippen LogP contribution in [0.5, 0.6) is 0 Å². The third-order valence-corrected chi connectivity index (χ3v) is 7.49. The average Bonchev–Trinajstić information content (AvgIpc) is 2.94. The molecule has 1 aromatic carbocycles. The number of ether oxygens (including phenoxy) is 1. The van der Waals surface area contributed by atoms with E-state index in [9.17, 15) is 14.0 Å². The molecule has 0 atom stereocenters. The van der Waals surface area contributed by atoms with Crippen LogP contribution in [0.25, 0.3) is 11.3 Å². The first kappa shape index (κ1) is 28.7. The van der Waals surface area contributed by atoms with E-state index < -0.39 is 5.82 Å². The number of amides is 1. The molecule has 216 valence electrons. The zero-order valence-electron chi connectivity index (χ0n) is 22.9. The number of carbonyl (C=O) groups is 2. The summed E-state index contributed by atoms with van der Waals surface area (Å²) in [7, 11) is 3.46. The van der Waals surface area contributed by atoms with Crippen molar-refractivity contribution in [3.8, 4) is 11.3 Å². The fraction of sp³-hybridized carbons (Fsp3) is 0.393. The van der Waals surface area contributed by atoms with Crippen molar-refractivity contribution in [1.29, 1.82) is 0 Å². The minimum Gasteiger partial charge on any atom is -0.469 e. The highest BCUT2D eigenvalue weighted by atomic mass is 35.5. The standard InChI is InChI=1S/C28H32ClFN8O3/c1-36-9-11-37(12-10-36)8-6-26(39)33-25-14-20(5-7-31-25)32-24-15-23(21-13-19(29)3-4-22(21)30)34-35-27(24)38-16-18(17-38)28(40)41-2/h3-5,7,13-15,18H,6,8-12,16-17H2,1-2H3,(H2,31,32,33,34,39). The summed E-state index contributed by atoms with van der Waals surface area (Å²) in [6.45, 7) is 5.39. The molecule has 2 N–H and O–H groups in total. The molecular formula is C28H32ClFN8O3. The quantitative estimate of drug-likeness (QED) is 0.364. The molecule has 0 bridgehead atoms. The van der Waals surface area contributed by atoms with Crippen molar-refractivity contribution in [2.75, 3.05) is 75.5 Å². The van der Waals surface area contributed by atoms with Crippen molar-refractivity contribution in [3.05, 3.63) is 53.4 Å². The number of esters is 1. The number of benzene rings is 1. The molecule has 13 heteroatoms. The Hall–Kier alpha value is -3.87. The zero-order chi connectivity index (χ0) is 28.9. The smallest absolute Gasteiger partial charge is 0.312 e. The van der Waals surface area contributed by atoms with Crippen LogP contribution in [0.3, 0.4) is 0 Å². The lowest BCUT2D eigenvalue weighted by Gasteiger charge is -2.38. The summed E-state index contributed by atoms with van der Waals surface area (Å²) in [6.07, 6.45) is 1.95. The lowest BCUT2D eigenvalue weighted by atomic mass is 10.00. The fourth-order valence-electron chi connectivity index (χ4n) is 4.77. The van der Waals surface area contributed by atoms with Gasteiger partial charge in [0.15, 0.2) is 5.82 Å². The second-order valence-corrected chi connectivity index (χ2v) is 10.7. The van der Waals surface area contributed by atoms with Gasteiger partial charge in [-0.25, -0.2) is 9.37 Å². The normalized spacial score (nSPS) is 16.2. The Balaban J connectivity index is 1.32. The SMILES string of the molecule is COC(=O)C1CN(c2nnc(-c3cc(Cl)ccc3F)cc2Nc2ccnc(NC(=O)CCN3CCN(C)CC3)c2)C1. The van der Waals surface area contributed by atoms with Crippen molar-refractivity contribution >= 4 is 46.5 Å². The highest BCUT2D eigenvalue weighted by molar-refractivity contribution is 6.30. The molecule has 3 aromatic rings. The van der Waals surface area contributed by atoms with Gasteiger partial charge in [-0.05, 0) is 37.4 Å². The van der Waals surface area contributed by atoms with Gasteiger partial charge in [0, 0.05) is 80.8 Å². The number of pyridine rings is 1. The second-order valence-electron chi connectivity index (χ2n) is 10.2. The maximum Gasteiger partial charge on any atom is 0.312 e. The van der Waals surface area contributed by atoms with E-state index in [-0.39, 0.29) is 29.1 Å². The van der Waals surface area contributed by atoms with Gasteiger partial charge in [0.05, 0.1) is 24.4 Å². The van der Waals surface area contributed by atoms with E-state index in [1.165, 1.54) is 25.3 Å². The number of nitrogens with zero attached hydrogens (tertiary/aromatic N) is 6. The van der Waals surface area contributed by atoms with E-state index in [1.807, 2.05) is 4.90 Å². The van der Waals surface area contributed by atoms with Crippen LogP contribution in [-0.2, 0) is 14.3 Å². The van der Waals surface area contributed by atoms with Gasteiger partial charge in [-0.2, -0.15) is 0 Å². The molecule has 41 heavy (non-hydrogen) atoms. The average molecular weight is 583 g/mol. The number of rotatable bonds is 9. The first-order valence-electron chi connectivity index (χ1n) is 13.4. The van der Waals surface area contributed by atoms with Crippen LogP contribution in [0.4, 0.5) is 27.4 Å². The largest absolute Gasteiger partial charge is 0.469 e. The number of hydrogen-bond donors (Lipinski definition) is 2.